The zero-order chi connectivity index (χ0) is 14.4. The fourth-order valence-electron chi connectivity index (χ4n) is 1.34. The van der Waals surface area contributed by atoms with Crippen LogP contribution in [0.5, 0.6) is 0 Å². The highest BCUT2D eigenvalue weighted by molar-refractivity contribution is 6.33. The third kappa shape index (κ3) is 4.55. The fraction of sp³-hybridized carbons (Fsp3) is 0.273. The number of carboxylic acids is 1. The summed E-state index contributed by atoms with van der Waals surface area (Å²) in [5.41, 5.74) is 5.05. The number of carbonyl (C=O) groups excluding carboxylic acids is 2. The molecule has 2 amide bonds. The summed E-state index contributed by atoms with van der Waals surface area (Å²) in [7, 11) is 0. The molecule has 0 aliphatic heterocycles. The second-order valence-electron chi connectivity index (χ2n) is 3.72. The van der Waals surface area contributed by atoms with Gasteiger partial charge in [0.05, 0.1) is 10.6 Å². The van der Waals surface area contributed by atoms with Crippen molar-refractivity contribution in [1.82, 2.24) is 10.3 Å². The van der Waals surface area contributed by atoms with Crippen LogP contribution < -0.4 is 11.1 Å². The van der Waals surface area contributed by atoms with Gasteiger partial charge in [0.1, 0.15) is 6.04 Å². The number of halogens is 1. The zero-order valence-corrected chi connectivity index (χ0v) is 10.6. The van der Waals surface area contributed by atoms with Gasteiger partial charge in [-0.25, -0.2) is 4.79 Å². The van der Waals surface area contributed by atoms with Gasteiger partial charge in [-0.2, -0.15) is 0 Å². The highest BCUT2D eigenvalue weighted by atomic mass is 35.5. The molecule has 0 saturated carbocycles. The molecule has 0 aliphatic carbocycles. The number of amides is 2. The molecule has 102 valence electrons. The van der Waals surface area contributed by atoms with Gasteiger partial charge in [-0.3, -0.25) is 14.6 Å². The number of nitrogens with one attached hydrogen (secondary N) is 1. The van der Waals surface area contributed by atoms with Crippen LogP contribution in [0.15, 0.2) is 18.5 Å². The van der Waals surface area contributed by atoms with Crippen LogP contribution in [0.25, 0.3) is 0 Å². The molecule has 0 bridgehead atoms. The van der Waals surface area contributed by atoms with Gasteiger partial charge in [-0.05, 0) is 12.5 Å². The quantitative estimate of drug-likeness (QED) is 0.688. The molecular formula is C11H12ClN3O4. The van der Waals surface area contributed by atoms with Crippen LogP contribution in [0, 0.1) is 0 Å². The van der Waals surface area contributed by atoms with E-state index in [9.17, 15) is 14.4 Å². The molecule has 0 unspecified atom stereocenters. The molecule has 0 fully saturated rings. The third-order valence-corrected chi connectivity index (χ3v) is 2.60. The molecule has 0 spiro atoms. The number of carbonyl (C=O) groups is 3. The minimum absolute atomic E-state index is 0.0842. The Morgan fingerprint density at radius 1 is 1.47 bits per heavy atom. The molecule has 1 rings (SSSR count). The number of primary amides is 1. The van der Waals surface area contributed by atoms with Crippen molar-refractivity contribution in [2.75, 3.05) is 0 Å². The normalized spacial score (nSPS) is 11.6. The van der Waals surface area contributed by atoms with Crippen LogP contribution in [-0.4, -0.2) is 33.9 Å². The first kappa shape index (κ1) is 14.9. The molecule has 0 aromatic carbocycles. The summed E-state index contributed by atoms with van der Waals surface area (Å²) in [6.07, 6.45) is 2.41. The Kier molecular flexibility index (Phi) is 5.25. The molecule has 1 atom stereocenters. The topological polar surface area (TPSA) is 122 Å². The highest BCUT2D eigenvalue weighted by Crippen LogP contribution is 2.13. The minimum Gasteiger partial charge on any atom is -0.480 e. The molecule has 7 nitrogen and oxygen atoms in total. The van der Waals surface area contributed by atoms with E-state index in [2.05, 4.69) is 10.3 Å². The summed E-state index contributed by atoms with van der Waals surface area (Å²) in [5, 5.41) is 11.3. The maximum Gasteiger partial charge on any atom is 0.326 e. The van der Waals surface area contributed by atoms with Crippen molar-refractivity contribution in [3.8, 4) is 0 Å². The molecule has 8 heteroatoms. The number of carboxylic acid groups (broad SMARTS) is 1. The van der Waals surface area contributed by atoms with Crippen molar-refractivity contribution in [1.29, 1.82) is 0 Å². The molecule has 19 heavy (non-hydrogen) atoms. The van der Waals surface area contributed by atoms with Crippen LogP contribution in [-0.2, 0) is 9.59 Å². The lowest BCUT2D eigenvalue weighted by molar-refractivity contribution is -0.139. The van der Waals surface area contributed by atoms with Gasteiger partial charge in [0, 0.05) is 18.8 Å². The van der Waals surface area contributed by atoms with E-state index in [0.717, 1.165) is 0 Å². The Bertz CT molecular complexity index is 506. The van der Waals surface area contributed by atoms with E-state index >= 15 is 0 Å². The Hall–Kier alpha value is -2.15. The molecule has 4 N–H and O–H groups in total. The average molecular weight is 286 g/mol. The van der Waals surface area contributed by atoms with Crippen LogP contribution in [0.3, 0.4) is 0 Å². The molecular weight excluding hydrogens is 274 g/mol. The number of nitrogens with zero attached hydrogens (tertiary/aromatic N) is 1. The van der Waals surface area contributed by atoms with E-state index in [-0.39, 0.29) is 23.4 Å². The summed E-state index contributed by atoms with van der Waals surface area (Å²) in [5.74, 6) is -2.54. The molecule has 1 aromatic heterocycles. The molecule has 1 aromatic rings. The van der Waals surface area contributed by atoms with Gasteiger partial charge in [0.25, 0.3) is 5.91 Å². The summed E-state index contributed by atoms with van der Waals surface area (Å²) < 4.78 is 0. The van der Waals surface area contributed by atoms with E-state index in [0.29, 0.717) is 0 Å². The van der Waals surface area contributed by atoms with Crippen molar-refractivity contribution in [3.05, 3.63) is 29.0 Å². The molecule has 0 radical (unpaired) electrons. The number of pyridine rings is 1. The van der Waals surface area contributed by atoms with Crippen molar-refractivity contribution in [3.63, 3.8) is 0 Å². The lowest BCUT2D eigenvalue weighted by Gasteiger charge is -2.14. The SMILES string of the molecule is NC(=O)CC[C@@H](NC(=O)c1ccncc1Cl)C(=O)O. The highest BCUT2D eigenvalue weighted by Gasteiger charge is 2.22. The number of nitrogens with two attached hydrogens (primary N) is 1. The largest absolute Gasteiger partial charge is 0.480 e. The Labute approximate surface area is 113 Å². The van der Waals surface area contributed by atoms with E-state index < -0.39 is 23.8 Å². The van der Waals surface area contributed by atoms with Crippen molar-refractivity contribution >= 4 is 29.4 Å². The lowest BCUT2D eigenvalue weighted by Crippen LogP contribution is -2.41. The predicted octanol–water partition coefficient (Wildman–Crippen LogP) is 0.183. The van der Waals surface area contributed by atoms with E-state index in [4.69, 9.17) is 22.4 Å². The predicted molar refractivity (Wildman–Crippen MR) is 66.6 cm³/mol. The van der Waals surface area contributed by atoms with E-state index in [1.165, 1.54) is 18.5 Å². The van der Waals surface area contributed by atoms with E-state index in [1.54, 1.807) is 0 Å². The molecule has 0 saturated heterocycles. The fourth-order valence-corrected chi connectivity index (χ4v) is 1.54. The van der Waals surface area contributed by atoms with Gasteiger partial charge >= 0.3 is 5.97 Å². The second kappa shape index (κ2) is 6.69. The second-order valence-corrected chi connectivity index (χ2v) is 4.13. The van der Waals surface area contributed by atoms with Gasteiger partial charge in [-0.1, -0.05) is 11.6 Å². The first-order valence-corrected chi connectivity index (χ1v) is 5.71. The summed E-state index contributed by atoms with van der Waals surface area (Å²) >= 11 is 5.76. The standard InChI is InChI=1S/C11H12ClN3O4/c12-7-5-14-4-3-6(7)10(17)15-8(11(18)19)1-2-9(13)16/h3-5,8H,1-2H2,(H2,13,16)(H,15,17)(H,18,19)/t8-/m1/s1. The van der Waals surface area contributed by atoms with Gasteiger partial charge < -0.3 is 16.2 Å². The summed E-state index contributed by atoms with van der Waals surface area (Å²) in [4.78, 5) is 37.1. The van der Waals surface area contributed by atoms with Crippen molar-refractivity contribution < 1.29 is 19.5 Å². The van der Waals surface area contributed by atoms with Gasteiger partial charge in [-0.15, -0.1) is 0 Å². The number of hydrogen-bond donors (Lipinski definition) is 3. The maximum absolute atomic E-state index is 11.8. The monoisotopic (exact) mass is 285 g/mol. The van der Waals surface area contributed by atoms with Crippen LogP contribution >= 0.6 is 11.6 Å². The van der Waals surface area contributed by atoms with Crippen LogP contribution in [0.2, 0.25) is 5.02 Å². The minimum atomic E-state index is -1.25. The number of rotatable bonds is 6. The van der Waals surface area contributed by atoms with Crippen molar-refractivity contribution in [2.45, 2.75) is 18.9 Å². The lowest BCUT2D eigenvalue weighted by atomic mass is 10.1. The van der Waals surface area contributed by atoms with E-state index in [1.807, 2.05) is 0 Å². The summed E-state index contributed by atoms with van der Waals surface area (Å²) in [6, 6.07) is 0.161. The summed E-state index contributed by atoms with van der Waals surface area (Å²) in [6.45, 7) is 0. The number of hydrogen-bond acceptors (Lipinski definition) is 4. The first-order chi connectivity index (χ1) is 8.91. The zero-order valence-electron chi connectivity index (χ0n) is 9.80. The third-order valence-electron chi connectivity index (χ3n) is 2.30. The first-order valence-electron chi connectivity index (χ1n) is 5.33. The van der Waals surface area contributed by atoms with Gasteiger partial charge in [0.15, 0.2) is 0 Å². The Morgan fingerprint density at radius 2 is 2.16 bits per heavy atom. The number of aromatic nitrogens is 1. The van der Waals surface area contributed by atoms with Crippen LogP contribution in [0.4, 0.5) is 0 Å². The van der Waals surface area contributed by atoms with Crippen molar-refractivity contribution in [2.24, 2.45) is 5.73 Å². The molecule has 1 heterocycles. The van der Waals surface area contributed by atoms with Gasteiger partial charge in [0.2, 0.25) is 5.91 Å². The average Bonchev–Trinajstić information content (AvgIpc) is 2.34. The number of aliphatic carboxylic acids is 1. The molecule has 0 aliphatic rings. The smallest absolute Gasteiger partial charge is 0.326 e. The maximum atomic E-state index is 11.8. The Balaban J connectivity index is 2.74. The Morgan fingerprint density at radius 3 is 2.68 bits per heavy atom. The van der Waals surface area contributed by atoms with Crippen LogP contribution in [0.1, 0.15) is 23.2 Å².